The third-order valence-corrected chi connectivity index (χ3v) is 12.5. The quantitative estimate of drug-likeness (QED) is 0.162. The van der Waals surface area contributed by atoms with Crippen molar-refractivity contribution in [1.82, 2.24) is 5.32 Å². The first kappa shape index (κ1) is 42.7. The Morgan fingerprint density at radius 3 is 2.29 bits per heavy atom. The van der Waals surface area contributed by atoms with Crippen LogP contribution in [0.5, 0.6) is 0 Å². The molecule has 13 heteroatoms. The van der Waals surface area contributed by atoms with Crippen LogP contribution in [0, 0.1) is 72.6 Å². The minimum Gasteiger partial charge on any atom is -0.456 e. The summed E-state index contributed by atoms with van der Waals surface area (Å²) in [5.74, 6) is -2.91. The van der Waals surface area contributed by atoms with Crippen LogP contribution in [0.4, 0.5) is 4.79 Å². The zero-order chi connectivity index (χ0) is 37.2. The maximum Gasteiger partial charge on any atom is 0.408 e. The van der Waals surface area contributed by atoms with Crippen molar-refractivity contribution in [2.24, 2.45) is 28.6 Å². The van der Waals surface area contributed by atoms with Crippen molar-refractivity contribution in [2.45, 2.75) is 122 Å². The van der Waals surface area contributed by atoms with Gasteiger partial charge in [-0.2, -0.15) is 0 Å². The van der Waals surface area contributed by atoms with E-state index >= 15 is 0 Å². The Bertz CT molecular complexity index is 1520. The summed E-state index contributed by atoms with van der Waals surface area (Å²) in [5.41, 5.74) is -4.17. The predicted molar refractivity (Wildman–Crippen MR) is 188 cm³/mol. The number of ether oxygens (including phenoxy) is 4. The van der Waals surface area contributed by atoms with Crippen molar-refractivity contribution in [1.29, 1.82) is 0 Å². The minimum absolute atomic E-state index is 0. The van der Waals surface area contributed by atoms with E-state index in [1.807, 2.05) is 40.9 Å². The molecule has 3 fully saturated rings. The molecule has 5 rings (SSSR count). The summed E-state index contributed by atoms with van der Waals surface area (Å²) in [6, 6.07) is 7.35. The molecule has 11 atom stereocenters. The molecule has 1 saturated heterocycles. The van der Waals surface area contributed by atoms with E-state index in [1.165, 1.54) is 11.8 Å². The fourth-order valence-corrected chi connectivity index (χ4v) is 10.1. The van der Waals surface area contributed by atoms with Crippen LogP contribution in [0.25, 0.3) is 0 Å². The molecule has 4 aliphatic rings. The fourth-order valence-electron chi connectivity index (χ4n) is 9.77. The molecule has 51 heavy (non-hydrogen) atoms. The van der Waals surface area contributed by atoms with Gasteiger partial charge in [0.2, 0.25) is 0 Å². The van der Waals surface area contributed by atoms with Crippen LogP contribution >= 0.6 is 11.8 Å². The molecular formula is C38H55AcNO10S. The third-order valence-electron chi connectivity index (χ3n) is 12.2. The van der Waals surface area contributed by atoms with E-state index < -0.39 is 87.9 Å². The molecule has 8 unspecified atom stereocenters. The first-order valence-corrected chi connectivity index (χ1v) is 18.9. The van der Waals surface area contributed by atoms with Gasteiger partial charge in [0, 0.05) is 74.2 Å². The molecule has 2 saturated carbocycles. The van der Waals surface area contributed by atoms with Gasteiger partial charge in [0.25, 0.3) is 0 Å². The molecule has 3 aliphatic carbocycles. The average Bonchev–Trinajstić information content (AvgIpc) is 3.03. The van der Waals surface area contributed by atoms with Crippen LogP contribution in [-0.2, 0) is 28.5 Å². The van der Waals surface area contributed by atoms with Crippen LogP contribution in [0.1, 0.15) is 86.8 Å². The summed E-state index contributed by atoms with van der Waals surface area (Å²) in [7, 11) is 0. The molecule has 4 N–H and O–H groups in total. The van der Waals surface area contributed by atoms with Crippen LogP contribution in [0.15, 0.2) is 41.5 Å². The maximum absolute atomic E-state index is 15.0. The summed E-state index contributed by atoms with van der Waals surface area (Å²) in [6.07, 6.45) is -2.55. The number of carbonyl (C=O) groups is 3. The molecular weight excluding hydrogens is 889 g/mol. The number of nitrogens with one attached hydrogen (secondary N) is 1. The van der Waals surface area contributed by atoms with E-state index in [4.69, 9.17) is 18.9 Å². The Morgan fingerprint density at radius 1 is 1.12 bits per heavy atom. The molecule has 281 valence electrons. The zero-order valence-corrected chi connectivity index (χ0v) is 37.1. The van der Waals surface area contributed by atoms with Gasteiger partial charge in [-0.3, -0.25) is 4.79 Å². The van der Waals surface area contributed by atoms with Crippen molar-refractivity contribution in [3.63, 3.8) is 0 Å². The zero-order valence-electron chi connectivity index (χ0n) is 31.5. The number of ketones is 1. The SMILES string of the molecule is CSCOC1CC2OCC2(O)C2[C@H](C)C3(O)CC(OC(=O)C(O)C(NC(=O)OC(C)(C)C)c4ccccc4)C(C)=C([C@@H](C)C(=O)[C@]12C)C3(C)C.[Ac]. The third kappa shape index (κ3) is 7.26. The molecule has 1 heterocycles. The maximum atomic E-state index is 15.0. The van der Waals surface area contributed by atoms with Gasteiger partial charge in [0.05, 0.1) is 41.8 Å². The van der Waals surface area contributed by atoms with E-state index in [2.05, 4.69) is 5.32 Å². The number of carbonyl (C=O) groups excluding carboxylic acids is 3. The second kappa shape index (κ2) is 15.2. The molecule has 11 nitrogen and oxygen atoms in total. The monoisotopic (exact) mass is 944 g/mol. The van der Waals surface area contributed by atoms with Gasteiger partial charge in [-0.1, -0.05) is 58.0 Å². The molecule has 0 spiro atoms. The number of rotatable bonds is 8. The van der Waals surface area contributed by atoms with Gasteiger partial charge >= 0.3 is 12.1 Å². The molecule has 1 aromatic carbocycles. The van der Waals surface area contributed by atoms with Crippen molar-refractivity contribution < 1.29 is 92.7 Å². The Balaban J connectivity index is 0.00000583. The van der Waals surface area contributed by atoms with Gasteiger partial charge in [-0.05, 0) is 63.5 Å². The number of amides is 1. The number of benzene rings is 1. The number of hydrogen-bond donors (Lipinski definition) is 4. The van der Waals surface area contributed by atoms with E-state index in [-0.39, 0.29) is 62.9 Å². The Kier molecular flexibility index (Phi) is 12.8. The molecule has 0 aromatic heterocycles. The van der Waals surface area contributed by atoms with E-state index in [9.17, 15) is 29.7 Å². The van der Waals surface area contributed by atoms with Gasteiger partial charge in [-0.15, -0.1) is 11.8 Å². The van der Waals surface area contributed by atoms with Crippen molar-refractivity contribution in [2.75, 3.05) is 18.8 Å². The van der Waals surface area contributed by atoms with Crippen LogP contribution in [0.3, 0.4) is 0 Å². The summed E-state index contributed by atoms with van der Waals surface area (Å²) in [4.78, 5) is 41.7. The van der Waals surface area contributed by atoms with Crippen LogP contribution in [0.2, 0.25) is 0 Å². The van der Waals surface area contributed by atoms with Crippen LogP contribution < -0.4 is 5.32 Å². The second-order valence-corrected chi connectivity index (χ2v) is 17.3. The molecule has 2 bridgehead atoms. The smallest absolute Gasteiger partial charge is 0.408 e. The van der Waals surface area contributed by atoms with Gasteiger partial charge < -0.3 is 39.6 Å². The fraction of sp³-hybridized carbons (Fsp3) is 0.711. The summed E-state index contributed by atoms with van der Waals surface area (Å²) in [6.45, 7) is 16.3. The topological polar surface area (TPSA) is 161 Å². The first-order chi connectivity index (χ1) is 23.1. The molecule has 1 amide bonds. The summed E-state index contributed by atoms with van der Waals surface area (Å²) in [5, 5.41) is 39.4. The number of aliphatic hydroxyl groups is 3. The minimum atomic E-state index is -1.84. The van der Waals surface area contributed by atoms with Crippen molar-refractivity contribution >= 4 is 29.6 Å². The van der Waals surface area contributed by atoms with E-state index in [1.54, 1.807) is 58.0 Å². The van der Waals surface area contributed by atoms with Crippen LogP contribution in [-0.4, -0.2) is 93.2 Å². The molecule has 1 radical (unpaired) electrons. The summed E-state index contributed by atoms with van der Waals surface area (Å²) >= 11 is 1.50. The number of hydrogen-bond acceptors (Lipinski definition) is 11. The van der Waals surface area contributed by atoms with E-state index in [0.29, 0.717) is 29.1 Å². The number of Topliss-reactive ketones (excluding diaryl/α,β-unsaturated/α-hetero) is 1. The Morgan fingerprint density at radius 2 is 1.75 bits per heavy atom. The Labute approximate surface area is 341 Å². The average molecular weight is 945 g/mol. The predicted octanol–water partition coefficient (Wildman–Crippen LogP) is 4.72. The number of aliphatic hydroxyl groups excluding tert-OH is 1. The second-order valence-electron chi connectivity index (χ2n) is 16.5. The van der Waals surface area contributed by atoms with Gasteiger partial charge in [-0.25, -0.2) is 9.59 Å². The molecule has 1 aliphatic heterocycles. The normalized spacial score (nSPS) is 36.8. The van der Waals surface area contributed by atoms with E-state index in [0.717, 1.165) is 0 Å². The number of esters is 1. The summed E-state index contributed by atoms with van der Waals surface area (Å²) < 4.78 is 23.7. The van der Waals surface area contributed by atoms with Gasteiger partial charge in [0.1, 0.15) is 23.1 Å². The van der Waals surface area contributed by atoms with Crippen molar-refractivity contribution in [3.8, 4) is 0 Å². The standard InChI is InChI=1S/C38H55NO10S.Ac/c1-20-24(48-32(42)29(40)28(23-14-12-11-13-15-23)39-33(43)49-34(4,5)6)17-38(45)22(3)30-36(9,31(41)21(2)27(20)35(38,7)8)25(47-19-50-10)16-26-37(30,44)18-46-26;/h11-15,21-22,24-26,28-30,40,44-45H,16-19H2,1-10H3,(H,39,43);/t21-,22+,24?,25?,26?,28?,29?,30?,36-,37?,38?;/m1./s1. The largest absolute Gasteiger partial charge is 0.456 e. The van der Waals surface area contributed by atoms with Gasteiger partial charge in [0.15, 0.2) is 6.10 Å². The first-order valence-electron chi connectivity index (χ1n) is 17.5. The number of thioether (sulfide) groups is 1. The van der Waals surface area contributed by atoms with Crippen molar-refractivity contribution in [3.05, 3.63) is 47.0 Å². The number of fused-ring (bicyclic) bond motifs is 5. The Hall–Kier alpha value is -1.04. The molecule has 1 aromatic rings. The number of alkyl carbamates (subject to hydrolysis) is 1.